The second-order valence-electron chi connectivity index (χ2n) is 6.27. The van der Waals surface area contributed by atoms with E-state index in [4.69, 9.17) is 0 Å². The lowest BCUT2D eigenvalue weighted by Gasteiger charge is -2.17. The number of hydrogen-bond acceptors (Lipinski definition) is 3. The van der Waals surface area contributed by atoms with Crippen molar-refractivity contribution in [1.82, 2.24) is 0 Å². The van der Waals surface area contributed by atoms with Crippen LogP contribution < -0.4 is 10.2 Å². The molecule has 3 nitrogen and oxygen atoms in total. The van der Waals surface area contributed by atoms with E-state index in [0.717, 1.165) is 24.5 Å². The summed E-state index contributed by atoms with van der Waals surface area (Å²) in [5.74, 6) is 1.40. The maximum Gasteiger partial charge on any atom is 0.234 e. The molecule has 1 aliphatic rings. The molecule has 1 fully saturated rings. The van der Waals surface area contributed by atoms with Crippen molar-refractivity contribution in [3.63, 3.8) is 0 Å². The number of nitrogens with one attached hydrogen (secondary N) is 1. The molecule has 2 aromatic rings. The Labute approximate surface area is 148 Å². The van der Waals surface area contributed by atoms with Crippen LogP contribution in [0.2, 0.25) is 0 Å². The molecule has 4 heteroatoms. The van der Waals surface area contributed by atoms with E-state index in [2.05, 4.69) is 53.5 Å². The first-order chi connectivity index (χ1) is 11.7. The number of nitrogens with zero attached hydrogens (tertiary/aromatic N) is 1. The fourth-order valence-electron chi connectivity index (χ4n) is 2.99. The summed E-state index contributed by atoms with van der Waals surface area (Å²) in [7, 11) is 0. The lowest BCUT2D eigenvalue weighted by molar-refractivity contribution is -0.113. The molecule has 1 N–H and O–H groups in total. The number of amides is 1. The van der Waals surface area contributed by atoms with Gasteiger partial charge in [0.25, 0.3) is 0 Å². The van der Waals surface area contributed by atoms with Crippen molar-refractivity contribution in [2.24, 2.45) is 0 Å². The van der Waals surface area contributed by atoms with Crippen LogP contribution >= 0.6 is 11.8 Å². The van der Waals surface area contributed by atoms with Crippen molar-refractivity contribution >= 4 is 29.0 Å². The number of benzene rings is 2. The van der Waals surface area contributed by atoms with Gasteiger partial charge in [-0.15, -0.1) is 11.8 Å². The Balaban J connectivity index is 1.44. The second-order valence-corrected chi connectivity index (χ2v) is 7.26. The summed E-state index contributed by atoms with van der Waals surface area (Å²) in [5, 5.41) is 2.98. The zero-order valence-electron chi connectivity index (χ0n) is 14.1. The van der Waals surface area contributed by atoms with Gasteiger partial charge < -0.3 is 10.2 Å². The molecule has 0 spiro atoms. The van der Waals surface area contributed by atoms with Crippen molar-refractivity contribution in [3.05, 3.63) is 59.7 Å². The van der Waals surface area contributed by atoms with Crippen LogP contribution in [-0.2, 0) is 10.5 Å². The molecule has 0 radical (unpaired) electrons. The SMILES string of the molecule is Cc1cccc(CSCC(=O)Nc2ccc(N3CCCC3)cc2)c1. The molecule has 126 valence electrons. The van der Waals surface area contributed by atoms with Crippen LogP contribution in [0.4, 0.5) is 11.4 Å². The molecular weight excluding hydrogens is 316 g/mol. The number of hydrogen-bond donors (Lipinski definition) is 1. The summed E-state index contributed by atoms with van der Waals surface area (Å²) >= 11 is 1.65. The zero-order valence-corrected chi connectivity index (χ0v) is 14.9. The maximum atomic E-state index is 12.1. The quantitative estimate of drug-likeness (QED) is 0.842. The summed E-state index contributed by atoms with van der Waals surface area (Å²) in [6, 6.07) is 16.6. The Morgan fingerprint density at radius 2 is 1.88 bits per heavy atom. The highest BCUT2D eigenvalue weighted by Crippen LogP contribution is 2.22. The fraction of sp³-hybridized carbons (Fsp3) is 0.350. The Bertz CT molecular complexity index is 678. The monoisotopic (exact) mass is 340 g/mol. The highest BCUT2D eigenvalue weighted by molar-refractivity contribution is 7.99. The summed E-state index contributed by atoms with van der Waals surface area (Å²) in [6.45, 7) is 4.37. The van der Waals surface area contributed by atoms with Gasteiger partial charge in [-0.3, -0.25) is 4.79 Å². The van der Waals surface area contributed by atoms with Crippen LogP contribution in [0.5, 0.6) is 0 Å². The molecule has 1 saturated heterocycles. The maximum absolute atomic E-state index is 12.1. The van der Waals surface area contributed by atoms with Gasteiger partial charge in [-0.25, -0.2) is 0 Å². The van der Waals surface area contributed by atoms with Crippen LogP contribution in [0.15, 0.2) is 48.5 Å². The van der Waals surface area contributed by atoms with E-state index in [1.54, 1.807) is 11.8 Å². The standard InChI is InChI=1S/C20H24N2OS/c1-16-5-4-6-17(13-16)14-24-15-20(23)21-18-7-9-19(10-8-18)22-11-2-3-12-22/h4-10,13H,2-3,11-12,14-15H2,1H3,(H,21,23). The Morgan fingerprint density at radius 1 is 1.12 bits per heavy atom. The lowest BCUT2D eigenvalue weighted by Crippen LogP contribution is -2.18. The summed E-state index contributed by atoms with van der Waals surface area (Å²) in [4.78, 5) is 14.5. The third-order valence-corrected chi connectivity index (χ3v) is 5.21. The van der Waals surface area contributed by atoms with E-state index >= 15 is 0 Å². The van der Waals surface area contributed by atoms with Gasteiger partial charge in [0.15, 0.2) is 0 Å². The summed E-state index contributed by atoms with van der Waals surface area (Å²) in [6.07, 6.45) is 2.55. The summed E-state index contributed by atoms with van der Waals surface area (Å²) < 4.78 is 0. The van der Waals surface area contributed by atoms with Crippen LogP contribution in [0.3, 0.4) is 0 Å². The Morgan fingerprint density at radius 3 is 2.58 bits per heavy atom. The predicted molar refractivity (Wildman–Crippen MR) is 104 cm³/mol. The molecular formula is C20H24N2OS. The molecule has 0 aromatic heterocycles. The van der Waals surface area contributed by atoms with Gasteiger partial charge in [0.1, 0.15) is 0 Å². The van der Waals surface area contributed by atoms with E-state index in [1.165, 1.54) is 29.7 Å². The van der Waals surface area contributed by atoms with Crippen molar-refractivity contribution in [3.8, 4) is 0 Å². The second kappa shape index (κ2) is 8.25. The average Bonchev–Trinajstić information content (AvgIpc) is 3.10. The van der Waals surface area contributed by atoms with Crippen molar-refractivity contribution in [2.75, 3.05) is 29.1 Å². The minimum atomic E-state index is 0.0570. The van der Waals surface area contributed by atoms with E-state index in [1.807, 2.05) is 12.1 Å². The van der Waals surface area contributed by atoms with Gasteiger partial charge >= 0.3 is 0 Å². The predicted octanol–water partition coefficient (Wildman–Crippen LogP) is 4.47. The van der Waals surface area contributed by atoms with Crippen LogP contribution in [0, 0.1) is 6.92 Å². The molecule has 0 saturated carbocycles. The number of carbonyl (C=O) groups is 1. The van der Waals surface area contributed by atoms with Crippen molar-refractivity contribution in [2.45, 2.75) is 25.5 Å². The Kier molecular flexibility index (Phi) is 5.81. The molecule has 1 aliphatic heterocycles. The van der Waals surface area contributed by atoms with E-state index < -0.39 is 0 Å². The smallest absolute Gasteiger partial charge is 0.234 e. The molecule has 2 aromatic carbocycles. The first kappa shape index (κ1) is 16.9. The van der Waals surface area contributed by atoms with Crippen molar-refractivity contribution < 1.29 is 4.79 Å². The van der Waals surface area contributed by atoms with Crippen LogP contribution in [0.25, 0.3) is 0 Å². The number of aryl methyl sites for hydroxylation is 1. The van der Waals surface area contributed by atoms with E-state index in [-0.39, 0.29) is 5.91 Å². The first-order valence-electron chi connectivity index (χ1n) is 8.49. The highest BCUT2D eigenvalue weighted by atomic mass is 32.2. The number of carbonyl (C=O) groups excluding carboxylic acids is 1. The molecule has 1 heterocycles. The molecule has 24 heavy (non-hydrogen) atoms. The van der Waals surface area contributed by atoms with Crippen molar-refractivity contribution in [1.29, 1.82) is 0 Å². The minimum absolute atomic E-state index is 0.0570. The van der Waals surface area contributed by atoms with Gasteiger partial charge in [0.05, 0.1) is 5.75 Å². The molecule has 3 rings (SSSR count). The lowest BCUT2D eigenvalue weighted by atomic mass is 10.2. The van der Waals surface area contributed by atoms with Crippen LogP contribution in [-0.4, -0.2) is 24.7 Å². The molecule has 1 amide bonds. The first-order valence-corrected chi connectivity index (χ1v) is 9.64. The molecule has 0 atom stereocenters. The van der Waals surface area contributed by atoms with Gasteiger partial charge in [0.2, 0.25) is 5.91 Å². The third kappa shape index (κ3) is 4.78. The van der Waals surface area contributed by atoms with Gasteiger partial charge in [-0.2, -0.15) is 0 Å². The zero-order chi connectivity index (χ0) is 16.8. The molecule has 0 aliphatic carbocycles. The molecule has 0 unspecified atom stereocenters. The minimum Gasteiger partial charge on any atom is -0.372 e. The highest BCUT2D eigenvalue weighted by Gasteiger charge is 2.12. The fourth-order valence-corrected chi connectivity index (χ4v) is 3.77. The van der Waals surface area contributed by atoms with Crippen LogP contribution in [0.1, 0.15) is 24.0 Å². The van der Waals surface area contributed by atoms with Gasteiger partial charge in [-0.1, -0.05) is 29.8 Å². The number of rotatable bonds is 6. The normalized spacial score (nSPS) is 14.0. The number of thioether (sulfide) groups is 1. The topological polar surface area (TPSA) is 32.3 Å². The summed E-state index contributed by atoms with van der Waals surface area (Å²) in [5.41, 5.74) is 4.65. The molecule has 0 bridgehead atoms. The largest absolute Gasteiger partial charge is 0.372 e. The number of anilines is 2. The van der Waals surface area contributed by atoms with E-state index in [0.29, 0.717) is 5.75 Å². The average molecular weight is 340 g/mol. The van der Waals surface area contributed by atoms with E-state index in [9.17, 15) is 4.79 Å². The van der Waals surface area contributed by atoms with Gasteiger partial charge in [0, 0.05) is 30.2 Å². The Hall–Kier alpha value is -1.94. The third-order valence-electron chi connectivity index (χ3n) is 4.21. The van der Waals surface area contributed by atoms with Gasteiger partial charge in [-0.05, 0) is 49.6 Å².